The third kappa shape index (κ3) is 5.24. The lowest BCUT2D eigenvalue weighted by Crippen LogP contribution is -2.09. The molecule has 0 spiro atoms. The summed E-state index contributed by atoms with van der Waals surface area (Å²) < 4.78 is 5.16. The summed E-state index contributed by atoms with van der Waals surface area (Å²) in [5.74, 6) is 1.85. The highest BCUT2D eigenvalue weighted by atomic mass is 16.5. The van der Waals surface area contributed by atoms with Gasteiger partial charge in [0.25, 0.3) is 0 Å². The molecule has 0 amide bonds. The highest BCUT2D eigenvalue weighted by molar-refractivity contribution is 5.95. The predicted octanol–water partition coefficient (Wildman–Crippen LogP) is 3.48. The minimum atomic E-state index is 0.0142. The Labute approximate surface area is 157 Å². The average molecular weight is 363 g/mol. The monoisotopic (exact) mass is 363 g/mol. The van der Waals surface area contributed by atoms with Crippen molar-refractivity contribution >= 4 is 23.2 Å². The molecule has 0 aliphatic rings. The van der Waals surface area contributed by atoms with Gasteiger partial charge in [0.1, 0.15) is 5.75 Å². The Balaban J connectivity index is 1.58. The first-order valence-electron chi connectivity index (χ1n) is 8.58. The molecule has 3 rings (SSSR count). The molecule has 0 aliphatic heterocycles. The topological polar surface area (TPSA) is 89.0 Å². The van der Waals surface area contributed by atoms with Gasteiger partial charge in [-0.25, -0.2) is 0 Å². The summed E-state index contributed by atoms with van der Waals surface area (Å²) in [5.41, 5.74) is 2.60. The van der Waals surface area contributed by atoms with Crippen molar-refractivity contribution in [3.8, 4) is 5.75 Å². The molecule has 0 radical (unpaired) electrons. The van der Waals surface area contributed by atoms with Gasteiger partial charge in [-0.2, -0.15) is 10.1 Å². The molecule has 7 nitrogen and oxygen atoms in total. The number of nitrogens with zero attached hydrogens (tertiary/aromatic N) is 3. The number of ether oxygens (including phenoxy) is 1. The van der Waals surface area contributed by atoms with Gasteiger partial charge in [-0.15, -0.1) is 5.10 Å². The van der Waals surface area contributed by atoms with Crippen LogP contribution < -0.4 is 15.4 Å². The quantitative estimate of drug-likeness (QED) is 0.592. The van der Waals surface area contributed by atoms with Gasteiger partial charge in [-0.05, 0) is 43.2 Å². The molecule has 1 heterocycles. The van der Waals surface area contributed by atoms with Crippen LogP contribution >= 0.6 is 0 Å². The maximum absolute atomic E-state index is 11.5. The van der Waals surface area contributed by atoms with E-state index in [0.717, 1.165) is 17.9 Å². The van der Waals surface area contributed by atoms with Crippen LogP contribution in [0.4, 0.5) is 17.5 Å². The Kier molecular flexibility index (Phi) is 5.94. The molecule has 27 heavy (non-hydrogen) atoms. The number of anilines is 3. The van der Waals surface area contributed by atoms with Crippen LogP contribution in [-0.4, -0.2) is 34.6 Å². The molecule has 1 aromatic heterocycles. The molecule has 0 bridgehead atoms. The number of hydrogen-bond acceptors (Lipinski definition) is 7. The molecule has 0 unspecified atom stereocenters. The molecule has 138 valence electrons. The van der Waals surface area contributed by atoms with E-state index in [4.69, 9.17) is 4.74 Å². The third-order valence-electron chi connectivity index (χ3n) is 3.96. The van der Waals surface area contributed by atoms with E-state index in [2.05, 4.69) is 25.8 Å². The summed E-state index contributed by atoms with van der Waals surface area (Å²) in [4.78, 5) is 15.9. The SMILES string of the molecule is COc1ccc(CCNc2nncc(Nc3cccc(C(C)=O)c3)n2)cc1. The van der Waals surface area contributed by atoms with E-state index in [1.165, 1.54) is 18.7 Å². The maximum Gasteiger partial charge on any atom is 0.244 e. The fraction of sp³-hybridized carbons (Fsp3) is 0.200. The molecule has 0 saturated carbocycles. The molecule has 0 atom stereocenters. The van der Waals surface area contributed by atoms with Crippen LogP contribution in [0, 0.1) is 0 Å². The Morgan fingerprint density at radius 3 is 2.70 bits per heavy atom. The van der Waals surface area contributed by atoms with Crippen LogP contribution in [0.2, 0.25) is 0 Å². The molecule has 0 aliphatic carbocycles. The molecular formula is C20H21N5O2. The number of Topliss-reactive ketones (excluding diaryl/α,β-unsaturated/α-hetero) is 1. The minimum absolute atomic E-state index is 0.0142. The number of benzene rings is 2. The third-order valence-corrected chi connectivity index (χ3v) is 3.96. The second kappa shape index (κ2) is 8.75. The van der Waals surface area contributed by atoms with Gasteiger partial charge in [0.2, 0.25) is 5.95 Å². The van der Waals surface area contributed by atoms with Crippen molar-refractivity contribution in [2.24, 2.45) is 0 Å². The van der Waals surface area contributed by atoms with Gasteiger partial charge in [0.15, 0.2) is 11.6 Å². The Morgan fingerprint density at radius 1 is 1.15 bits per heavy atom. The number of carbonyl (C=O) groups is 1. The summed E-state index contributed by atoms with van der Waals surface area (Å²) in [6, 6.07) is 15.2. The number of rotatable bonds is 8. The highest BCUT2D eigenvalue weighted by Gasteiger charge is 2.04. The van der Waals surface area contributed by atoms with Crippen LogP contribution in [0.25, 0.3) is 0 Å². The van der Waals surface area contributed by atoms with Crippen molar-refractivity contribution in [1.82, 2.24) is 15.2 Å². The Bertz CT molecular complexity index is 912. The fourth-order valence-corrected chi connectivity index (χ4v) is 2.51. The summed E-state index contributed by atoms with van der Waals surface area (Å²) in [5, 5.41) is 14.3. The normalized spacial score (nSPS) is 10.3. The number of nitrogens with one attached hydrogen (secondary N) is 2. The van der Waals surface area contributed by atoms with E-state index in [1.54, 1.807) is 19.2 Å². The van der Waals surface area contributed by atoms with Crippen molar-refractivity contribution in [2.45, 2.75) is 13.3 Å². The Hall–Kier alpha value is -3.48. The first-order chi connectivity index (χ1) is 13.1. The fourth-order valence-electron chi connectivity index (χ4n) is 2.51. The first kappa shape index (κ1) is 18.3. The van der Waals surface area contributed by atoms with E-state index >= 15 is 0 Å². The molecular weight excluding hydrogens is 342 g/mol. The van der Waals surface area contributed by atoms with Crippen molar-refractivity contribution in [3.63, 3.8) is 0 Å². The van der Waals surface area contributed by atoms with E-state index in [-0.39, 0.29) is 5.78 Å². The number of carbonyl (C=O) groups excluding carboxylic acids is 1. The summed E-state index contributed by atoms with van der Waals surface area (Å²) in [6.07, 6.45) is 2.36. The summed E-state index contributed by atoms with van der Waals surface area (Å²) >= 11 is 0. The van der Waals surface area contributed by atoms with E-state index in [0.29, 0.717) is 23.9 Å². The van der Waals surface area contributed by atoms with E-state index in [1.807, 2.05) is 36.4 Å². The van der Waals surface area contributed by atoms with Crippen molar-refractivity contribution in [3.05, 3.63) is 65.9 Å². The molecule has 7 heteroatoms. The zero-order valence-electron chi connectivity index (χ0n) is 15.3. The van der Waals surface area contributed by atoms with Crippen LogP contribution in [0.15, 0.2) is 54.7 Å². The van der Waals surface area contributed by atoms with E-state index in [9.17, 15) is 4.79 Å². The van der Waals surface area contributed by atoms with Crippen molar-refractivity contribution < 1.29 is 9.53 Å². The van der Waals surface area contributed by atoms with Crippen LogP contribution in [0.5, 0.6) is 5.75 Å². The average Bonchev–Trinajstić information content (AvgIpc) is 2.69. The number of aromatic nitrogens is 3. The number of ketones is 1. The zero-order valence-corrected chi connectivity index (χ0v) is 15.3. The van der Waals surface area contributed by atoms with Crippen LogP contribution in [-0.2, 0) is 6.42 Å². The summed E-state index contributed by atoms with van der Waals surface area (Å²) in [7, 11) is 1.65. The lowest BCUT2D eigenvalue weighted by Gasteiger charge is -2.09. The van der Waals surface area contributed by atoms with Crippen molar-refractivity contribution in [2.75, 3.05) is 24.3 Å². The lowest BCUT2D eigenvalue weighted by atomic mass is 10.1. The second-order valence-corrected chi connectivity index (χ2v) is 5.95. The van der Waals surface area contributed by atoms with Gasteiger partial charge in [-0.3, -0.25) is 4.79 Å². The molecule has 3 aromatic rings. The van der Waals surface area contributed by atoms with Gasteiger partial charge in [0, 0.05) is 17.8 Å². The zero-order chi connectivity index (χ0) is 19.1. The smallest absolute Gasteiger partial charge is 0.244 e. The highest BCUT2D eigenvalue weighted by Crippen LogP contribution is 2.16. The maximum atomic E-state index is 11.5. The minimum Gasteiger partial charge on any atom is -0.497 e. The van der Waals surface area contributed by atoms with Gasteiger partial charge in [0.05, 0.1) is 13.3 Å². The number of methoxy groups -OCH3 is 1. The standard InChI is InChI=1S/C20H21N5O2/c1-14(26)16-4-3-5-17(12-16)23-19-13-22-25-20(24-19)21-11-10-15-6-8-18(27-2)9-7-15/h3-9,12-13H,10-11H2,1-2H3,(H2,21,23,24,25). The molecule has 2 N–H and O–H groups in total. The lowest BCUT2D eigenvalue weighted by molar-refractivity contribution is 0.101. The molecule has 2 aromatic carbocycles. The first-order valence-corrected chi connectivity index (χ1v) is 8.58. The van der Waals surface area contributed by atoms with Crippen LogP contribution in [0.3, 0.4) is 0 Å². The van der Waals surface area contributed by atoms with Gasteiger partial charge in [-0.1, -0.05) is 24.3 Å². The van der Waals surface area contributed by atoms with Gasteiger partial charge < -0.3 is 15.4 Å². The van der Waals surface area contributed by atoms with Crippen molar-refractivity contribution in [1.29, 1.82) is 0 Å². The molecule has 0 fully saturated rings. The predicted molar refractivity (Wildman–Crippen MR) is 105 cm³/mol. The number of hydrogen-bond donors (Lipinski definition) is 2. The van der Waals surface area contributed by atoms with Crippen LogP contribution in [0.1, 0.15) is 22.8 Å². The largest absolute Gasteiger partial charge is 0.497 e. The second-order valence-electron chi connectivity index (χ2n) is 5.95. The van der Waals surface area contributed by atoms with Gasteiger partial charge >= 0.3 is 0 Å². The Morgan fingerprint density at radius 2 is 1.96 bits per heavy atom. The van der Waals surface area contributed by atoms with E-state index < -0.39 is 0 Å². The summed E-state index contributed by atoms with van der Waals surface area (Å²) in [6.45, 7) is 2.22. The molecule has 0 saturated heterocycles.